The highest BCUT2D eigenvalue weighted by Crippen LogP contribution is 2.34. The highest BCUT2D eigenvalue weighted by molar-refractivity contribution is 5.81. The molecule has 1 fully saturated rings. The second kappa shape index (κ2) is 6.53. The van der Waals surface area contributed by atoms with Crippen LogP contribution in [0.15, 0.2) is 0 Å². The number of hydrogen-bond donors (Lipinski definition) is 1. The van der Waals surface area contributed by atoms with Gasteiger partial charge in [0.2, 0.25) is 5.91 Å². The predicted octanol–water partition coefficient (Wildman–Crippen LogP) is 1.63. The van der Waals surface area contributed by atoms with Crippen LogP contribution in [0.5, 0.6) is 0 Å². The van der Waals surface area contributed by atoms with Crippen molar-refractivity contribution >= 4 is 5.91 Å². The highest BCUT2D eigenvalue weighted by Gasteiger charge is 2.29. The van der Waals surface area contributed by atoms with Crippen LogP contribution in [0.2, 0.25) is 0 Å². The SMILES string of the molecule is COCC(N)C(=O)N1CCCC(C(C)(C)C)CC1. The number of methoxy groups -OCH3 is 1. The molecule has 4 heteroatoms. The third-order valence-corrected chi connectivity index (χ3v) is 3.93. The molecule has 0 spiro atoms. The molecule has 106 valence electrons. The Bertz CT molecular complexity index is 273. The molecule has 4 nitrogen and oxygen atoms in total. The van der Waals surface area contributed by atoms with Gasteiger partial charge in [0.25, 0.3) is 0 Å². The van der Waals surface area contributed by atoms with Gasteiger partial charge in [-0.05, 0) is 30.6 Å². The maximum atomic E-state index is 12.1. The lowest BCUT2D eigenvalue weighted by Gasteiger charge is -2.30. The number of rotatable bonds is 3. The predicted molar refractivity (Wildman–Crippen MR) is 73.2 cm³/mol. The molecular weight excluding hydrogens is 228 g/mol. The molecule has 0 aromatic rings. The van der Waals surface area contributed by atoms with E-state index in [0.29, 0.717) is 17.9 Å². The van der Waals surface area contributed by atoms with Gasteiger partial charge in [-0.15, -0.1) is 0 Å². The molecule has 2 unspecified atom stereocenters. The van der Waals surface area contributed by atoms with Gasteiger partial charge in [0, 0.05) is 20.2 Å². The Labute approximate surface area is 111 Å². The van der Waals surface area contributed by atoms with Crippen molar-refractivity contribution in [1.29, 1.82) is 0 Å². The van der Waals surface area contributed by atoms with Gasteiger partial charge in [-0.1, -0.05) is 20.8 Å². The average Bonchev–Trinajstić information content (AvgIpc) is 2.53. The Morgan fingerprint density at radius 3 is 2.61 bits per heavy atom. The summed E-state index contributed by atoms with van der Waals surface area (Å²) in [7, 11) is 1.57. The Morgan fingerprint density at radius 2 is 2.06 bits per heavy atom. The first-order valence-electron chi connectivity index (χ1n) is 6.89. The third kappa shape index (κ3) is 4.25. The molecule has 0 aromatic heterocycles. The summed E-state index contributed by atoms with van der Waals surface area (Å²) in [6.07, 6.45) is 3.36. The Balaban J connectivity index is 2.54. The number of likely N-dealkylation sites (tertiary alicyclic amines) is 1. The monoisotopic (exact) mass is 256 g/mol. The lowest BCUT2D eigenvalue weighted by atomic mass is 9.77. The van der Waals surface area contributed by atoms with Crippen LogP contribution in [-0.4, -0.2) is 43.7 Å². The Hall–Kier alpha value is -0.610. The van der Waals surface area contributed by atoms with Crippen LogP contribution < -0.4 is 5.73 Å². The zero-order chi connectivity index (χ0) is 13.8. The van der Waals surface area contributed by atoms with E-state index in [1.165, 1.54) is 6.42 Å². The molecule has 1 aliphatic rings. The Morgan fingerprint density at radius 1 is 1.39 bits per heavy atom. The van der Waals surface area contributed by atoms with Crippen molar-refractivity contribution in [2.75, 3.05) is 26.8 Å². The van der Waals surface area contributed by atoms with E-state index in [1.54, 1.807) is 7.11 Å². The summed E-state index contributed by atoms with van der Waals surface area (Å²) in [6.45, 7) is 8.82. The van der Waals surface area contributed by atoms with Gasteiger partial charge in [0.15, 0.2) is 0 Å². The molecule has 1 aliphatic heterocycles. The summed E-state index contributed by atoms with van der Waals surface area (Å²) in [6, 6.07) is -0.513. The average molecular weight is 256 g/mol. The second-order valence-corrected chi connectivity index (χ2v) is 6.38. The van der Waals surface area contributed by atoms with Crippen molar-refractivity contribution in [3.63, 3.8) is 0 Å². The zero-order valence-electron chi connectivity index (χ0n) is 12.2. The van der Waals surface area contributed by atoms with Crippen LogP contribution in [0.25, 0.3) is 0 Å². The summed E-state index contributed by atoms with van der Waals surface area (Å²) in [5.74, 6) is 0.723. The summed E-state index contributed by atoms with van der Waals surface area (Å²) in [5.41, 5.74) is 6.14. The van der Waals surface area contributed by atoms with Gasteiger partial charge in [0.1, 0.15) is 6.04 Å². The molecule has 1 heterocycles. The van der Waals surface area contributed by atoms with Crippen LogP contribution in [0, 0.1) is 11.3 Å². The smallest absolute Gasteiger partial charge is 0.241 e. The standard InChI is InChI=1S/C14H28N2O2/c1-14(2,3)11-6-5-8-16(9-7-11)13(17)12(15)10-18-4/h11-12H,5-10,15H2,1-4H3. The lowest BCUT2D eigenvalue weighted by Crippen LogP contribution is -2.46. The molecule has 0 aliphatic carbocycles. The molecule has 0 aromatic carbocycles. The third-order valence-electron chi connectivity index (χ3n) is 3.93. The van der Waals surface area contributed by atoms with Crippen LogP contribution >= 0.6 is 0 Å². The first kappa shape index (κ1) is 15.4. The van der Waals surface area contributed by atoms with E-state index in [4.69, 9.17) is 10.5 Å². The number of ether oxygens (including phenoxy) is 1. The fourth-order valence-corrected chi connectivity index (χ4v) is 2.67. The fourth-order valence-electron chi connectivity index (χ4n) is 2.67. The van der Waals surface area contributed by atoms with Gasteiger partial charge in [-0.2, -0.15) is 0 Å². The maximum absolute atomic E-state index is 12.1. The van der Waals surface area contributed by atoms with E-state index in [-0.39, 0.29) is 5.91 Å². The molecule has 0 bridgehead atoms. The zero-order valence-corrected chi connectivity index (χ0v) is 12.2. The minimum absolute atomic E-state index is 0.0337. The van der Waals surface area contributed by atoms with Gasteiger partial charge >= 0.3 is 0 Å². The summed E-state index contributed by atoms with van der Waals surface area (Å²) in [5, 5.41) is 0. The van der Waals surface area contributed by atoms with Gasteiger partial charge in [-0.25, -0.2) is 0 Å². The topological polar surface area (TPSA) is 55.6 Å². The second-order valence-electron chi connectivity index (χ2n) is 6.38. The molecule has 2 atom stereocenters. The molecule has 1 saturated heterocycles. The van der Waals surface area contributed by atoms with Crippen molar-refractivity contribution < 1.29 is 9.53 Å². The summed E-state index contributed by atoms with van der Waals surface area (Å²) >= 11 is 0. The van der Waals surface area contributed by atoms with Crippen molar-refractivity contribution in [1.82, 2.24) is 4.90 Å². The number of carbonyl (C=O) groups is 1. The summed E-state index contributed by atoms with van der Waals surface area (Å²) < 4.78 is 4.95. The first-order valence-corrected chi connectivity index (χ1v) is 6.89. The van der Waals surface area contributed by atoms with E-state index in [2.05, 4.69) is 20.8 Å². The molecule has 2 N–H and O–H groups in total. The number of nitrogens with two attached hydrogens (primary N) is 1. The van der Waals surface area contributed by atoms with E-state index >= 15 is 0 Å². The molecule has 1 amide bonds. The molecule has 18 heavy (non-hydrogen) atoms. The number of nitrogens with zero attached hydrogens (tertiary/aromatic N) is 1. The van der Waals surface area contributed by atoms with Gasteiger partial charge < -0.3 is 15.4 Å². The molecule has 0 saturated carbocycles. The van der Waals surface area contributed by atoms with Crippen LogP contribution in [-0.2, 0) is 9.53 Å². The maximum Gasteiger partial charge on any atom is 0.241 e. The lowest BCUT2D eigenvalue weighted by molar-refractivity contribution is -0.133. The minimum atomic E-state index is -0.513. The van der Waals surface area contributed by atoms with E-state index in [1.807, 2.05) is 4.90 Å². The van der Waals surface area contributed by atoms with Crippen molar-refractivity contribution in [2.45, 2.75) is 46.1 Å². The first-order chi connectivity index (χ1) is 8.36. The van der Waals surface area contributed by atoms with E-state index in [9.17, 15) is 4.79 Å². The van der Waals surface area contributed by atoms with Crippen LogP contribution in [0.4, 0.5) is 0 Å². The van der Waals surface area contributed by atoms with E-state index < -0.39 is 6.04 Å². The van der Waals surface area contributed by atoms with Crippen molar-refractivity contribution in [2.24, 2.45) is 17.1 Å². The van der Waals surface area contributed by atoms with Gasteiger partial charge in [0.05, 0.1) is 6.61 Å². The normalized spacial score (nSPS) is 23.6. The van der Waals surface area contributed by atoms with Gasteiger partial charge in [-0.3, -0.25) is 4.79 Å². The number of hydrogen-bond acceptors (Lipinski definition) is 3. The highest BCUT2D eigenvalue weighted by atomic mass is 16.5. The van der Waals surface area contributed by atoms with Crippen molar-refractivity contribution in [3.8, 4) is 0 Å². The van der Waals surface area contributed by atoms with E-state index in [0.717, 1.165) is 25.9 Å². The Kier molecular flexibility index (Phi) is 5.60. The van der Waals surface area contributed by atoms with Crippen LogP contribution in [0.1, 0.15) is 40.0 Å². The molecule has 1 rings (SSSR count). The summed E-state index contributed by atoms with van der Waals surface area (Å²) in [4.78, 5) is 14.0. The largest absolute Gasteiger partial charge is 0.383 e. The molecular formula is C14H28N2O2. The van der Waals surface area contributed by atoms with Crippen molar-refractivity contribution in [3.05, 3.63) is 0 Å². The molecule has 0 radical (unpaired) electrons. The van der Waals surface area contributed by atoms with Crippen LogP contribution in [0.3, 0.4) is 0 Å². The number of amides is 1. The fraction of sp³-hybridized carbons (Fsp3) is 0.929. The minimum Gasteiger partial charge on any atom is -0.383 e. The number of carbonyl (C=O) groups excluding carboxylic acids is 1. The quantitative estimate of drug-likeness (QED) is 0.835.